The van der Waals surface area contributed by atoms with Gasteiger partial charge in [0.25, 0.3) is 0 Å². The summed E-state index contributed by atoms with van der Waals surface area (Å²) in [5, 5.41) is 24.2. The number of fused-ring (bicyclic) bond motifs is 1. The second-order valence-corrected chi connectivity index (χ2v) is 13.5. The molecule has 0 amide bonds. The highest BCUT2D eigenvalue weighted by molar-refractivity contribution is 5.94. The molecule has 4 saturated heterocycles. The van der Waals surface area contributed by atoms with E-state index in [1.54, 1.807) is 20.8 Å². The number of hydrogen-bond acceptors (Lipinski definition) is 12. The second kappa shape index (κ2) is 7.07. The zero-order valence-electron chi connectivity index (χ0n) is 22.4. The summed E-state index contributed by atoms with van der Waals surface area (Å²) in [5.74, 6) is -5.09. The van der Waals surface area contributed by atoms with Crippen molar-refractivity contribution in [3.63, 3.8) is 0 Å². The standard InChI is InChI=1S/C26H34O12/c1-10-17(29)35-15-14(28)24-12-8-11(21(2,3)4)23(24)16(33-9-13(27)37-22(5,6)7)18(30)36-20(23)38-26(24,19(31)34-12)25(10,15)32/h10-12,14-16,20,28,32H,8-9H2,1-7H3/t10?,11?,12?,14-,15-,16-,20-,23?,24-,25+,26+/m0/s1. The molecule has 210 valence electrons. The molecule has 2 N–H and O–H groups in total. The maximum absolute atomic E-state index is 13.7. The number of carbonyl (C=O) groups is 4. The van der Waals surface area contributed by atoms with Crippen molar-refractivity contribution >= 4 is 23.9 Å². The lowest BCUT2D eigenvalue weighted by atomic mass is 9.51. The van der Waals surface area contributed by atoms with Gasteiger partial charge in [-0.2, -0.15) is 0 Å². The molecule has 0 aromatic carbocycles. The average molecular weight is 539 g/mol. The number of aliphatic hydroxyl groups excluding tert-OH is 1. The van der Waals surface area contributed by atoms with E-state index in [0.717, 1.165) is 0 Å². The first-order valence-corrected chi connectivity index (χ1v) is 13.0. The maximum Gasteiger partial charge on any atom is 0.343 e. The Bertz CT molecular complexity index is 1150. The van der Waals surface area contributed by atoms with Crippen molar-refractivity contribution in [1.29, 1.82) is 0 Å². The molecule has 2 spiro atoms. The summed E-state index contributed by atoms with van der Waals surface area (Å²) in [7, 11) is 0. The van der Waals surface area contributed by atoms with Crippen LogP contribution < -0.4 is 0 Å². The number of aliphatic hydroxyl groups is 2. The van der Waals surface area contributed by atoms with Gasteiger partial charge in [0.2, 0.25) is 11.9 Å². The molecule has 12 heteroatoms. The molecule has 11 atom stereocenters. The smallest absolute Gasteiger partial charge is 0.343 e. The summed E-state index contributed by atoms with van der Waals surface area (Å²) < 4.78 is 34.6. The molecule has 6 rings (SSSR count). The Morgan fingerprint density at radius 3 is 2.32 bits per heavy atom. The Hall–Kier alpha value is -2.28. The van der Waals surface area contributed by atoms with Crippen LogP contribution in [0.5, 0.6) is 0 Å². The second-order valence-electron chi connectivity index (χ2n) is 13.5. The molecule has 12 nitrogen and oxygen atoms in total. The molecular formula is C26H34O12. The largest absolute Gasteiger partial charge is 0.459 e. The van der Waals surface area contributed by atoms with Crippen molar-refractivity contribution in [2.45, 2.75) is 102 Å². The number of rotatable bonds is 3. The molecular weight excluding hydrogens is 504 g/mol. The van der Waals surface area contributed by atoms with Gasteiger partial charge in [-0.1, -0.05) is 20.8 Å². The lowest BCUT2D eigenvalue weighted by molar-refractivity contribution is -0.240. The van der Waals surface area contributed by atoms with Gasteiger partial charge in [-0.25, -0.2) is 14.4 Å². The number of carbonyl (C=O) groups excluding carboxylic acids is 4. The fourth-order valence-electron chi connectivity index (χ4n) is 8.82. The molecule has 2 aliphatic carbocycles. The Morgan fingerprint density at radius 2 is 1.71 bits per heavy atom. The van der Waals surface area contributed by atoms with Crippen LogP contribution in [-0.4, -0.2) is 88.2 Å². The molecule has 0 radical (unpaired) electrons. The predicted molar refractivity (Wildman–Crippen MR) is 122 cm³/mol. The van der Waals surface area contributed by atoms with E-state index in [1.807, 2.05) is 20.8 Å². The minimum absolute atomic E-state index is 0.196. The first-order valence-electron chi connectivity index (χ1n) is 13.0. The first kappa shape index (κ1) is 26.0. The molecule has 0 aromatic heterocycles. The molecule has 0 bridgehead atoms. The van der Waals surface area contributed by atoms with E-state index in [-0.39, 0.29) is 6.42 Å². The summed E-state index contributed by atoms with van der Waals surface area (Å²) in [6.07, 6.45) is -6.91. The van der Waals surface area contributed by atoms with Gasteiger partial charge >= 0.3 is 23.9 Å². The quantitative estimate of drug-likeness (QED) is 0.366. The third-order valence-corrected chi connectivity index (χ3v) is 9.76. The third kappa shape index (κ3) is 2.44. The Kier molecular flexibility index (Phi) is 4.83. The molecule has 6 fully saturated rings. The Morgan fingerprint density at radius 1 is 1.05 bits per heavy atom. The van der Waals surface area contributed by atoms with Crippen molar-refractivity contribution in [1.82, 2.24) is 0 Å². The van der Waals surface area contributed by atoms with E-state index in [9.17, 15) is 29.4 Å². The SMILES string of the molecule is CC1C(=O)O[C@H]2[C@H](O)[C@@]34C5CC(C(C)(C)C)C36[C@@H](OC(=O)[C@@H]6OCC(=O)OC(C)(C)C)O[C@@]4(C(=O)O5)[C@@]12O. The summed E-state index contributed by atoms with van der Waals surface area (Å²) >= 11 is 0. The minimum Gasteiger partial charge on any atom is -0.459 e. The van der Waals surface area contributed by atoms with Crippen LogP contribution in [0.15, 0.2) is 0 Å². The van der Waals surface area contributed by atoms with Crippen LogP contribution in [0.4, 0.5) is 0 Å². The zero-order valence-corrected chi connectivity index (χ0v) is 22.4. The van der Waals surface area contributed by atoms with Crippen LogP contribution in [-0.2, 0) is 47.6 Å². The van der Waals surface area contributed by atoms with Crippen LogP contribution in [0.1, 0.15) is 54.9 Å². The monoisotopic (exact) mass is 538 g/mol. The van der Waals surface area contributed by atoms with Gasteiger partial charge in [0, 0.05) is 0 Å². The lowest BCUT2D eigenvalue weighted by Gasteiger charge is -2.48. The van der Waals surface area contributed by atoms with Gasteiger partial charge in [-0.3, -0.25) is 4.79 Å². The number of ether oxygens (including phenoxy) is 6. The van der Waals surface area contributed by atoms with E-state index >= 15 is 0 Å². The summed E-state index contributed by atoms with van der Waals surface area (Å²) in [6, 6.07) is 0. The highest BCUT2D eigenvalue weighted by Crippen LogP contribution is 2.84. The van der Waals surface area contributed by atoms with E-state index in [0.29, 0.717) is 0 Å². The zero-order chi connectivity index (χ0) is 28.0. The van der Waals surface area contributed by atoms with Gasteiger partial charge in [0.15, 0.2) is 17.8 Å². The van der Waals surface area contributed by atoms with Gasteiger partial charge in [0.05, 0.1) is 16.7 Å². The van der Waals surface area contributed by atoms with Crippen molar-refractivity contribution in [3.8, 4) is 0 Å². The van der Waals surface area contributed by atoms with Crippen molar-refractivity contribution in [2.75, 3.05) is 6.61 Å². The number of hydrogen-bond donors (Lipinski definition) is 2. The van der Waals surface area contributed by atoms with Crippen LogP contribution in [0.2, 0.25) is 0 Å². The van der Waals surface area contributed by atoms with Gasteiger partial charge in [0.1, 0.15) is 24.4 Å². The lowest BCUT2D eigenvalue weighted by Crippen LogP contribution is -2.67. The van der Waals surface area contributed by atoms with Crippen molar-refractivity contribution in [3.05, 3.63) is 0 Å². The first-order chi connectivity index (χ1) is 17.4. The Labute approximate surface area is 219 Å². The van der Waals surface area contributed by atoms with Crippen molar-refractivity contribution in [2.24, 2.45) is 28.1 Å². The van der Waals surface area contributed by atoms with E-state index in [4.69, 9.17) is 28.4 Å². The van der Waals surface area contributed by atoms with E-state index in [1.165, 1.54) is 6.92 Å². The summed E-state index contributed by atoms with van der Waals surface area (Å²) in [5.41, 5.74) is -9.32. The van der Waals surface area contributed by atoms with Crippen LogP contribution in [0, 0.1) is 28.1 Å². The topological polar surface area (TPSA) is 164 Å². The molecule has 38 heavy (non-hydrogen) atoms. The van der Waals surface area contributed by atoms with E-state index < -0.39 is 106 Å². The predicted octanol–water partition coefficient (Wildman–Crippen LogP) is -0.00350. The fourth-order valence-corrected chi connectivity index (χ4v) is 8.82. The molecule has 4 heterocycles. The Balaban J connectivity index is 1.55. The number of esters is 4. The summed E-state index contributed by atoms with van der Waals surface area (Å²) in [4.78, 5) is 52.4. The fraction of sp³-hybridized carbons (Fsp3) is 0.846. The summed E-state index contributed by atoms with van der Waals surface area (Å²) in [6.45, 7) is 11.6. The third-order valence-electron chi connectivity index (χ3n) is 9.76. The molecule has 6 aliphatic rings. The van der Waals surface area contributed by atoms with Gasteiger partial charge in [-0.15, -0.1) is 0 Å². The normalized spacial score (nSPS) is 50.2. The van der Waals surface area contributed by atoms with Crippen LogP contribution in [0.3, 0.4) is 0 Å². The highest BCUT2D eigenvalue weighted by atomic mass is 16.8. The molecule has 2 saturated carbocycles. The average Bonchev–Trinajstić information content (AvgIpc) is 3.48. The van der Waals surface area contributed by atoms with Gasteiger partial charge < -0.3 is 38.6 Å². The molecule has 4 aliphatic heterocycles. The van der Waals surface area contributed by atoms with Crippen LogP contribution >= 0.6 is 0 Å². The van der Waals surface area contributed by atoms with Gasteiger partial charge in [-0.05, 0) is 45.4 Å². The molecule has 4 unspecified atom stereocenters. The van der Waals surface area contributed by atoms with Crippen molar-refractivity contribution < 1.29 is 57.8 Å². The molecule has 0 aromatic rings. The maximum atomic E-state index is 13.7. The van der Waals surface area contributed by atoms with E-state index in [2.05, 4.69) is 0 Å². The van der Waals surface area contributed by atoms with Crippen LogP contribution in [0.25, 0.3) is 0 Å². The minimum atomic E-state index is -2.30. The highest BCUT2D eigenvalue weighted by Gasteiger charge is 3.04.